The third-order valence-corrected chi connectivity index (χ3v) is 6.21. The fourth-order valence-corrected chi connectivity index (χ4v) is 4.55. The van der Waals surface area contributed by atoms with Crippen LogP contribution in [-0.4, -0.2) is 35.8 Å². The number of nitrogens with zero attached hydrogens (tertiary/aromatic N) is 1. The Bertz CT molecular complexity index is 937. The van der Waals surface area contributed by atoms with E-state index in [0.717, 1.165) is 33.4 Å². The molecule has 26 heavy (non-hydrogen) atoms. The van der Waals surface area contributed by atoms with Crippen molar-refractivity contribution in [3.63, 3.8) is 0 Å². The predicted molar refractivity (Wildman–Crippen MR) is 102 cm³/mol. The highest BCUT2D eigenvalue weighted by Crippen LogP contribution is 2.30. The second-order valence-electron chi connectivity index (χ2n) is 6.60. The van der Waals surface area contributed by atoms with Crippen LogP contribution in [0.25, 0.3) is 10.1 Å². The number of carbonyl (C=O) groups excluding carboxylic acids is 2. The molecule has 0 radical (unpaired) electrons. The molecule has 1 saturated heterocycles. The second-order valence-corrected chi connectivity index (χ2v) is 7.66. The van der Waals surface area contributed by atoms with Gasteiger partial charge in [0.15, 0.2) is 0 Å². The normalized spacial score (nSPS) is 15.3. The Morgan fingerprint density at radius 3 is 2.65 bits per heavy atom. The average molecular weight is 368 g/mol. The summed E-state index contributed by atoms with van der Waals surface area (Å²) in [7, 11) is 0. The van der Waals surface area contributed by atoms with Gasteiger partial charge >= 0.3 is 0 Å². The topological polar surface area (TPSA) is 62.6 Å². The minimum absolute atomic E-state index is 0.0103. The van der Waals surface area contributed by atoms with Gasteiger partial charge in [-0.25, -0.2) is 0 Å². The molecule has 0 bridgehead atoms. The van der Waals surface area contributed by atoms with Gasteiger partial charge in [-0.2, -0.15) is 0 Å². The molecule has 6 heteroatoms. The summed E-state index contributed by atoms with van der Waals surface area (Å²) in [6, 6.07) is 9.87. The Hall–Kier alpha value is -2.60. The van der Waals surface area contributed by atoms with Crippen LogP contribution < -0.4 is 5.32 Å². The summed E-state index contributed by atoms with van der Waals surface area (Å²) in [4.78, 5) is 27.6. The van der Waals surface area contributed by atoms with Gasteiger partial charge in [0, 0.05) is 23.8 Å². The van der Waals surface area contributed by atoms with Crippen molar-refractivity contribution in [3.05, 3.63) is 58.9 Å². The molecule has 1 aromatic carbocycles. The molecule has 3 heterocycles. The number of amides is 2. The lowest BCUT2D eigenvalue weighted by Crippen LogP contribution is -2.46. The number of furan rings is 1. The number of nitrogens with one attached hydrogen (secondary N) is 1. The van der Waals surface area contributed by atoms with E-state index >= 15 is 0 Å². The Balaban J connectivity index is 1.38. The van der Waals surface area contributed by atoms with Crippen LogP contribution in [-0.2, 0) is 0 Å². The van der Waals surface area contributed by atoms with Crippen LogP contribution >= 0.6 is 11.3 Å². The minimum atomic E-state index is -0.0108. The monoisotopic (exact) mass is 368 g/mol. The number of aryl methyl sites for hydroxylation is 1. The van der Waals surface area contributed by atoms with Gasteiger partial charge in [0.25, 0.3) is 11.8 Å². The zero-order valence-corrected chi connectivity index (χ0v) is 15.3. The van der Waals surface area contributed by atoms with Crippen LogP contribution in [0, 0.1) is 6.92 Å². The summed E-state index contributed by atoms with van der Waals surface area (Å²) in [6.45, 7) is 3.28. The third kappa shape index (κ3) is 3.12. The van der Waals surface area contributed by atoms with E-state index in [2.05, 4.69) is 11.4 Å². The van der Waals surface area contributed by atoms with E-state index in [9.17, 15) is 9.59 Å². The van der Waals surface area contributed by atoms with Gasteiger partial charge in [0.1, 0.15) is 6.26 Å². The number of likely N-dealkylation sites (tertiary alicyclic amines) is 1. The minimum Gasteiger partial charge on any atom is -0.472 e. The van der Waals surface area contributed by atoms with Crippen molar-refractivity contribution in [1.82, 2.24) is 10.2 Å². The van der Waals surface area contributed by atoms with Crippen LogP contribution in [0.15, 0.2) is 47.3 Å². The van der Waals surface area contributed by atoms with Crippen molar-refractivity contribution in [3.8, 4) is 0 Å². The molecular formula is C20H20N2O3S. The lowest BCUT2D eigenvalue weighted by molar-refractivity contribution is 0.0697. The Morgan fingerprint density at radius 1 is 1.19 bits per heavy atom. The number of hydrogen-bond donors (Lipinski definition) is 1. The number of rotatable bonds is 3. The highest BCUT2D eigenvalue weighted by Gasteiger charge is 2.26. The lowest BCUT2D eigenvalue weighted by atomic mass is 10.0. The summed E-state index contributed by atoms with van der Waals surface area (Å²) >= 11 is 1.54. The van der Waals surface area contributed by atoms with Crippen molar-refractivity contribution < 1.29 is 14.0 Å². The fraction of sp³-hybridized carbons (Fsp3) is 0.300. The summed E-state index contributed by atoms with van der Waals surface area (Å²) in [5.74, 6) is -0.0211. The number of benzene rings is 1. The van der Waals surface area contributed by atoms with Crippen molar-refractivity contribution in [2.24, 2.45) is 0 Å². The summed E-state index contributed by atoms with van der Waals surface area (Å²) in [5, 5.41) is 4.29. The number of thiophene rings is 1. The zero-order valence-electron chi connectivity index (χ0n) is 14.5. The molecule has 1 fully saturated rings. The van der Waals surface area contributed by atoms with E-state index in [1.807, 2.05) is 30.0 Å². The molecule has 134 valence electrons. The van der Waals surface area contributed by atoms with E-state index in [0.29, 0.717) is 18.7 Å². The number of hydrogen-bond acceptors (Lipinski definition) is 4. The Labute approximate surface area is 155 Å². The van der Waals surface area contributed by atoms with E-state index in [1.54, 1.807) is 6.07 Å². The molecular weight excluding hydrogens is 348 g/mol. The van der Waals surface area contributed by atoms with Gasteiger partial charge in [-0.1, -0.05) is 18.2 Å². The van der Waals surface area contributed by atoms with Gasteiger partial charge in [-0.05, 0) is 42.8 Å². The first kappa shape index (κ1) is 16.8. The molecule has 3 aromatic rings. The van der Waals surface area contributed by atoms with Crippen LogP contribution in [0.2, 0.25) is 0 Å². The maximum Gasteiger partial charge on any atom is 0.261 e. The predicted octanol–water partition coefficient (Wildman–Crippen LogP) is 3.84. The second kappa shape index (κ2) is 6.96. The molecule has 1 aliphatic heterocycles. The van der Waals surface area contributed by atoms with E-state index < -0.39 is 0 Å². The van der Waals surface area contributed by atoms with Gasteiger partial charge in [-0.3, -0.25) is 9.59 Å². The molecule has 4 rings (SSSR count). The smallest absolute Gasteiger partial charge is 0.261 e. The SMILES string of the molecule is Cc1c(C(=O)NC2CCN(C(=O)c3ccoc3)CC2)sc2ccccc12. The molecule has 2 amide bonds. The van der Waals surface area contributed by atoms with Gasteiger partial charge in [0.05, 0.1) is 16.7 Å². The molecule has 0 saturated carbocycles. The van der Waals surface area contributed by atoms with Gasteiger partial charge in [0.2, 0.25) is 0 Å². The first-order valence-electron chi connectivity index (χ1n) is 8.74. The van der Waals surface area contributed by atoms with Gasteiger partial charge < -0.3 is 14.6 Å². The zero-order chi connectivity index (χ0) is 18.1. The molecule has 0 unspecified atom stereocenters. The third-order valence-electron chi connectivity index (χ3n) is 4.94. The van der Waals surface area contributed by atoms with Crippen molar-refractivity contribution in [2.75, 3.05) is 13.1 Å². The molecule has 1 N–H and O–H groups in total. The first-order valence-corrected chi connectivity index (χ1v) is 9.55. The maximum atomic E-state index is 12.7. The van der Waals surface area contributed by atoms with Crippen molar-refractivity contribution in [1.29, 1.82) is 0 Å². The average Bonchev–Trinajstić information content (AvgIpc) is 3.31. The van der Waals surface area contributed by atoms with Crippen LogP contribution in [0.1, 0.15) is 38.4 Å². The van der Waals surface area contributed by atoms with Gasteiger partial charge in [-0.15, -0.1) is 11.3 Å². The standard InChI is InChI=1S/C20H20N2O3S/c1-13-16-4-2-3-5-17(16)26-18(13)19(23)21-15-6-9-22(10-7-15)20(24)14-8-11-25-12-14/h2-5,8,11-12,15H,6-7,9-10H2,1H3,(H,21,23). The number of fused-ring (bicyclic) bond motifs is 1. The van der Waals surface area contributed by atoms with Crippen LogP contribution in [0.3, 0.4) is 0 Å². The highest BCUT2D eigenvalue weighted by atomic mass is 32.1. The van der Waals surface area contributed by atoms with E-state index in [1.165, 1.54) is 23.9 Å². The first-order chi connectivity index (χ1) is 12.6. The summed E-state index contributed by atoms with van der Waals surface area (Å²) < 4.78 is 6.12. The van der Waals surface area contributed by atoms with Crippen LogP contribution in [0.4, 0.5) is 0 Å². The Kier molecular flexibility index (Phi) is 4.51. The van der Waals surface area contributed by atoms with Crippen molar-refractivity contribution >= 4 is 33.2 Å². The van der Waals surface area contributed by atoms with E-state index in [-0.39, 0.29) is 17.9 Å². The van der Waals surface area contributed by atoms with Crippen molar-refractivity contribution in [2.45, 2.75) is 25.8 Å². The highest BCUT2D eigenvalue weighted by molar-refractivity contribution is 7.21. The van der Waals surface area contributed by atoms with E-state index in [4.69, 9.17) is 4.42 Å². The van der Waals surface area contributed by atoms with Crippen LogP contribution in [0.5, 0.6) is 0 Å². The largest absolute Gasteiger partial charge is 0.472 e. The molecule has 0 atom stereocenters. The maximum absolute atomic E-state index is 12.7. The molecule has 5 nitrogen and oxygen atoms in total. The number of piperidine rings is 1. The lowest BCUT2D eigenvalue weighted by Gasteiger charge is -2.32. The Morgan fingerprint density at radius 2 is 1.96 bits per heavy atom. The molecule has 0 spiro atoms. The fourth-order valence-electron chi connectivity index (χ4n) is 3.44. The molecule has 2 aromatic heterocycles. The molecule has 0 aliphatic carbocycles. The summed E-state index contributed by atoms with van der Waals surface area (Å²) in [5.41, 5.74) is 1.61. The summed E-state index contributed by atoms with van der Waals surface area (Å²) in [6.07, 6.45) is 4.51. The quantitative estimate of drug-likeness (QED) is 0.764. The molecule has 1 aliphatic rings. The number of carbonyl (C=O) groups is 2.